The summed E-state index contributed by atoms with van der Waals surface area (Å²) in [6.45, 7) is 6.38. The molecule has 3 heterocycles. The molecule has 0 radical (unpaired) electrons. The van der Waals surface area contributed by atoms with Crippen molar-refractivity contribution in [2.24, 2.45) is 5.92 Å². The zero-order chi connectivity index (χ0) is 20.1. The van der Waals surface area contributed by atoms with Crippen LogP contribution in [-0.4, -0.2) is 59.7 Å². The lowest BCUT2D eigenvalue weighted by Crippen LogP contribution is -2.51. The first kappa shape index (κ1) is 19.9. The van der Waals surface area contributed by atoms with Gasteiger partial charge in [0.15, 0.2) is 0 Å². The maximum Gasteiger partial charge on any atom is 0.266 e. The van der Waals surface area contributed by atoms with Crippen LogP contribution in [0.5, 0.6) is 0 Å². The highest BCUT2D eigenvalue weighted by atomic mass is 16.5. The quantitative estimate of drug-likeness (QED) is 0.807. The standard InChI is InChI=1S/C22H31N5O2/c1-17-24-22(25-29-17)26-14-10-20(11-15-26)27-13-5-8-19(16-27)21(28)23-12-9-18-6-3-2-4-7-18/h2-4,6-7,19-20H,5,8-16H2,1H3,(H,23,28)/t19-/m0/s1. The molecule has 7 heteroatoms. The molecule has 0 unspecified atom stereocenters. The summed E-state index contributed by atoms with van der Waals surface area (Å²) in [6, 6.07) is 10.9. The predicted octanol–water partition coefficient (Wildman–Crippen LogP) is 2.42. The number of likely N-dealkylation sites (tertiary alicyclic amines) is 1. The number of rotatable bonds is 6. The molecule has 156 valence electrons. The first-order valence-electron chi connectivity index (χ1n) is 10.8. The van der Waals surface area contributed by atoms with E-state index in [1.165, 1.54) is 5.56 Å². The van der Waals surface area contributed by atoms with Gasteiger partial charge in [-0.2, -0.15) is 4.98 Å². The van der Waals surface area contributed by atoms with Gasteiger partial charge in [0.2, 0.25) is 11.8 Å². The van der Waals surface area contributed by atoms with Crippen molar-refractivity contribution in [1.82, 2.24) is 20.4 Å². The number of amides is 1. The first-order valence-corrected chi connectivity index (χ1v) is 10.8. The maximum atomic E-state index is 12.7. The summed E-state index contributed by atoms with van der Waals surface area (Å²) >= 11 is 0. The highest BCUT2D eigenvalue weighted by Gasteiger charge is 2.32. The molecule has 1 atom stereocenters. The van der Waals surface area contributed by atoms with E-state index >= 15 is 0 Å². The number of nitrogens with one attached hydrogen (secondary N) is 1. The van der Waals surface area contributed by atoms with Crippen molar-refractivity contribution >= 4 is 11.9 Å². The van der Waals surface area contributed by atoms with Gasteiger partial charge in [0.1, 0.15) is 0 Å². The van der Waals surface area contributed by atoms with Crippen LogP contribution < -0.4 is 10.2 Å². The molecule has 0 saturated carbocycles. The van der Waals surface area contributed by atoms with E-state index in [9.17, 15) is 4.79 Å². The smallest absolute Gasteiger partial charge is 0.266 e. The molecule has 1 amide bonds. The zero-order valence-corrected chi connectivity index (χ0v) is 17.2. The zero-order valence-electron chi connectivity index (χ0n) is 17.2. The van der Waals surface area contributed by atoms with Crippen LogP contribution in [0, 0.1) is 12.8 Å². The lowest BCUT2D eigenvalue weighted by molar-refractivity contribution is -0.127. The van der Waals surface area contributed by atoms with Gasteiger partial charge in [0, 0.05) is 39.1 Å². The highest BCUT2D eigenvalue weighted by Crippen LogP contribution is 2.25. The Bertz CT molecular complexity index is 786. The number of piperidine rings is 2. The molecule has 7 nitrogen and oxygen atoms in total. The first-order chi connectivity index (χ1) is 14.2. The fourth-order valence-electron chi connectivity index (χ4n) is 4.52. The second-order valence-corrected chi connectivity index (χ2v) is 8.19. The second kappa shape index (κ2) is 9.39. The Balaban J connectivity index is 1.22. The molecule has 1 aromatic heterocycles. The molecule has 2 aliphatic rings. The Labute approximate surface area is 172 Å². The topological polar surface area (TPSA) is 74.5 Å². The third-order valence-corrected chi connectivity index (χ3v) is 6.16. The maximum absolute atomic E-state index is 12.7. The summed E-state index contributed by atoms with van der Waals surface area (Å²) < 4.78 is 5.10. The van der Waals surface area contributed by atoms with E-state index in [1.807, 2.05) is 25.1 Å². The summed E-state index contributed by atoms with van der Waals surface area (Å²) in [5.74, 6) is 1.64. The van der Waals surface area contributed by atoms with E-state index in [2.05, 4.69) is 37.4 Å². The lowest BCUT2D eigenvalue weighted by Gasteiger charge is -2.41. The molecule has 4 rings (SSSR count). The molecule has 0 spiro atoms. The molecule has 1 N–H and O–H groups in total. The van der Waals surface area contributed by atoms with Crippen molar-refractivity contribution < 1.29 is 9.32 Å². The van der Waals surface area contributed by atoms with Crippen LogP contribution in [0.1, 0.15) is 37.1 Å². The van der Waals surface area contributed by atoms with Gasteiger partial charge in [0.05, 0.1) is 5.92 Å². The van der Waals surface area contributed by atoms with Crippen molar-refractivity contribution in [3.63, 3.8) is 0 Å². The van der Waals surface area contributed by atoms with E-state index in [4.69, 9.17) is 4.52 Å². The number of aromatic nitrogens is 2. The Morgan fingerprint density at radius 3 is 2.69 bits per heavy atom. The van der Waals surface area contributed by atoms with Crippen LogP contribution in [0.4, 0.5) is 5.95 Å². The molecule has 0 aliphatic carbocycles. The summed E-state index contributed by atoms with van der Waals surface area (Å²) in [6.07, 6.45) is 5.14. The van der Waals surface area contributed by atoms with Gasteiger partial charge < -0.3 is 14.7 Å². The van der Waals surface area contributed by atoms with Gasteiger partial charge in [-0.15, -0.1) is 0 Å². The normalized spacial score (nSPS) is 21.3. The van der Waals surface area contributed by atoms with Crippen LogP contribution in [-0.2, 0) is 11.2 Å². The second-order valence-electron chi connectivity index (χ2n) is 8.19. The summed E-state index contributed by atoms with van der Waals surface area (Å²) in [5, 5.41) is 7.19. The largest absolute Gasteiger partial charge is 0.355 e. The van der Waals surface area contributed by atoms with Crippen LogP contribution in [0.2, 0.25) is 0 Å². The van der Waals surface area contributed by atoms with Crippen LogP contribution >= 0.6 is 0 Å². The van der Waals surface area contributed by atoms with E-state index in [1.54, 1.807) is 0 Å². The van der Waals surface area contributed by atoms with Gasteiger partial charge >= 0.3 is 0 Å². The van der Waals surface area contributed by atoms with E-state index in [0.717, 1.165) is 58.3 Å². The molecule has 2 saturated heterocycles. The molecule has 2 fully saturated rings. The minimum absolute atomic E-state index is 0.109. The molecular formula is C22H31N5O2. The monoisotopic (exact) mass is 397 g/mol. The number of hydrogen-bond acceptors (Lipinski definition) is 6. The summed E-state index contributed by atoms with van der Waals surface area (Å²) in [4.78, 5) is 21.8. The Hall–Kier alpha value is -2.41. The van der Waals surface area contributed by atoms with Crippen LogP contribution in [0.15, 0.2) is 34.9 Å². The van der Waals surface area contributed by atoms with Gasteiger partial charge in [-0.3, -0.25) is 9.69 Å². The Kier molecular flexibility index (Phi) is 6.44. The molecule has 2 aliphatic heterocycles. The molecule has 0 bridgehead atoms. The third-order valence-electron chi connectivity index (χ3n) is 6.16. The van der Waals surface area contributed by atoms with E-state index in [-0.39, 0.29) is 11.8 Å². The minimum atomic E-state index is 0.109. The number of benzene rings is 1. The Morgan fingerprint density at radius 1 is 1.17 bits per heavy atom. The van der Waals surface area contributed by atoms with Crippen molar-refractivity contribution in [3.8, 4) is 0 Å². The highest BCUT2D eigenvalue weighted by molar-refractivity contribution is 5.79. The van der Waals surface area contributed by atoms with Crippen molar-refractivity contribution in [1.29, 1.82) is 0 Å². The molecule has 29 heavy (non-hydrogen) atoms. The van der Waals surface area contributed by atoms with Crippen molar-refractivity contribution in [2.45, 2.75) is 45.1 Å². The molecular weight excluding hydrogens is 366 g/mol. The minimum Gasteiger partial charge on any atom is -0.355 e. The fraction of sp³-hybridized carbons (Fsp3) is 0.591. The van der Waals surface area contributed by atoms with Gasteiger partial charge in [-0.25, -0.2) is 0 Å². The number of nitrogens with zero attached hydrogens (tertiary/aromatic N) is 4. The van der Waals surface area contributed by atoms with Gasteiger partial charge in [-0.05, 0) is 49.4 Å². The third kappa shape index (κ3) is 5.15. The number of aryl methyl sites for hydroxylation is 1. The van der Waals surface area contributed by atoms with Gasteiger partial charge in [-0.1, -0.05) is 30.3 Å². The van der Waals surface area contributed by atoms with E-state index in [0.29, 0.717) is 24.4 Å². The van der Waals surface area contributed by atoms with E-state index < -0.39 is 0 Å². The summed E-state index contributed by atoms with van der Waals surface area (Å²) in [7, 11) is 0. The average molecular weight is 398 g/mol. The summed E-state index contributed by atoms with van der Waals surface area (Å²) in [5.41, 5.74) is 1.27. The van der Waals surface area contributed by atoms with Crippen LogP contribution in [0.3, 0.4) is 0 Å². The molecule has 2 aromatic rings. The number of hydrogen-bond donors (Lipinski definition) is 1. The number of carbonyl (C=O) groups is 1. The lowest BCUT2D eigenvalue weighted by atomic mass is 9.93. The molecule has 1 aromatic carbocycles. The number of anilines is 1. The van der Waals surface area contributed by atoms with Gasteiger partial charge in [0.25, 0.3) is 5.95 Å². The van der Waals surface area contributed by atoms with Crippen LogP contribution in [0.25, 0.3) is 0 Å². The van der Waals surface area contributed by atoms with Crippen molar-refractivity contribution in [2.75, 3.05) is 37.6 Å². The number of carbonyl (C=O) groups excluding carboxylic acids is 1. The average Bonchev–Trinajstić information content (AvgIpc) is 3.21. The van der Waals surface area contributed by atoms with Crippen molar-refractivity contribution in [3.05, 3.63) is 41.8 Å². The fourth-order valence-corrected chi connectivity index (χ4v) is 4.52. The SMILES string of the molecule is Cc1nc(N2CCC(N3CCC[C@H](C(=O)NCCc4ccccc4)C3)CC2)no1. The Morgan fingerprint density at radius 2 is 1.97 bits per heavy atom. The predicted molar refractivity (Wildman–Crippen MR) is 112 cm³/mol.